The number of amides is 1. The third-order valence-corrected chi connectivity index (χ3v) is 7.81. The summed E-state index contributed by atoms with van der Waals surface area (Å²) in [5, 5.41) is 4.64. The van der Waals surface area contributed by atoms with Gasteiger partial charge in [0.1, 0.15) is 5.00 Å². The predicted molar refractivity (Wildman–Crippen MR) is 128 cm³/mol. The summed E-state index contributed by atoms with van der Waals surface area (Å²) >= 11 is 2.85. The van der Waals surface area contributed by atoms with Gasteiger partial charge in [-0.3, -0.25) is 14.2 Å². The summed E-state index contributed by atoms with van der Waals surface area (Å²) in [4.78, 5) is 43.3. The van der Waals surface area contributed by atoms with Crippen LogP contribution in [-0.2, 0) is 29.4 Å². The highest BCUT2D eigenvalue weighted by Gasteiger charge is 2.26. The summed E-state index contributed by atoms with van der Waals surface area (Å²) in [6, 6.07) is 7.23. The highest BCUT2D eigenvalue weighted by molar-refractivity contribution is 7.99. The minimum atomic E-state index is -0.399. The molecule has 0 saturated heterocycles. The van der Waals surface area contributed by atoms with E-state index >= 15 is 0 Å². The number of rotatable bonds is 6. The smallest absolute Gasteiger partial charge is 0.341 e. The van der Waals surface area contributed by atoms with E-state index in [4.69, 9.17) is 4.74 Å². The van der Waals surface area contributed by atoms with Crippen LogP contribution in [0.5, 0.6) is 0 Å². The first kappa shape index (κ1) is 22.5. The lowest BCUT2D eigenvalue weighted by atomic mass is 10.1. The molecule has 0 saturated carbocycles. The molecule has 2 heterocycles. The fourth-order valence-corrected chi connectivity index (χ4v) is 6.10. The molecule has 9 heteroatoms. The van der Waals surface area contributed by atoms with Crippen LogP contribution in [0.1, 0.15) is 46.5 Å². The second-order valence-corrected chi connectivity index (χ2v) is 9.85. The Morgan fingerprint density at radius 3 is 2.81 bits per heavy atom. The van der Waals surface area contributed by atoms with Crippen LogP contribution in [0.25, 0.3) is 10.9 Å². The van der Waals surface area contributed by atoms with E-state index in [9.17, 15) is 14.4 Å². The zero-order valence-corrected chi connectivity index (χ0v) is 19.7. The molecular weight excluding hydrogens is 446 g/mol. The van der Waals surface area contributed by atoms with Gasteiger partial charge in [-0.05, 0) is 43.4 Å². The average molecular weight is 472 g/mol. The lowest BCUT2D eigenvalue weighted by molar-refractivity contribution is -0.115. The standard InChI is InChI=1S/C23H25N3O4S2/c1-26-21(28)14-8-6-7-10-16(14)24-23(26)31-13-12-18(27)25-20-19(22(29)30-2)15-9-4-3-5-11-17(15)32-20/h6-8,10H,3-5,9,11-13H2,1-2H3,(H,25,27). The molecule has 7 nitrogen and oxygen atoms in total. The minimum Gasteiger partial charge on any atom is -0.465 e. The molecule has 0 atom stereocenters. The van der Waals surface area contributed by atoms with E-state index in [0.717, 1.165) is 37.7 Å². The normalized spacial score (nSPS) is 13.4. The van der Waals surface area contributed by atoms with Gasteiger partial charge < -0.3 is 10.1 Å². The Hall–Kier alpha value is -2.65. The summed E-state index contributed by atoms with van der Waals surface area (Å²) in [5.41, 5.74) is 2.07. The zero-order valence-electron chi connectivity index (χ0n) is 18.1. The Morgan fingerprint density at radius 1 is 1.22 bits per heavy atom. The van der Waals surface area contributed by atoms with Gasteiger partial charge >= 0.3 is 5.97 Å². The van der Waals surface area contributed by atoms with E-state index < -0.39 is 5.97 Å². The highest BCUT2D eigenvalue weighted by atomic mass is 32.2. The molecule has 0 bridgehead atoms. The average Bonchev–Trinajstić information content (AvgIpc) is 2.96. The summed E-state index contributed by atoms with van der Waals surface area (Å²) in [6.45, 7) is 0. The van der Waals surface area contributed by atoms with Gasteiger partial charge in [-0.2, -0.15) is 0 Å². The van der Waals surface area contributed by atoms with Gasteiger partial charge in [-0.1, -0.05) is 30.3 Å². The van der Waals surface area contributed by atoms with E-state index in [1.165, 1.54) is 39.7 Å². The van der Waals surface area contributed by atoms with Crippen molar-refractivity contribution in [3.63, 3.8) is 0 Å². The first-order valence-corrected chi connectivity index (χ1v) is 12.4. The van der Waals surface area contributed by atoms with E-state index in [0.29, 0.717) is 32.4 Å². The second kappa shape index (κ2) is 9.87. The Kier molecular flexibility index (Phi) is 6.95. The Labute approximate surface area is 194 Å². The maximum atomic E-state index is 12.7. The minimum absolute atomic E-state index is 0.106. The van der Waals surface area contributed by atoms with Crippen LogP contribution in [0.4, 0.5) is 5.00 Å². The number of anilines is 1. The zero-order chi connectivity index (χ0) is 22.7. The number of ether oxygens (including phenoxy) is 1. The van der Waals surface area contributed by atoms with Crippen LogP contribution in [0.2, 0.25) is 0 Å². The molecule has 1 aromatic carbocycles. The summed E-state index contributed by atoms with van der Waals surface area (Å²) < 4.78 is 6.50. The predicted octanol–water partition coefficient (Wildman–Crippen LogP) is 4.17. The Bertz CT molecular complexity index is 1230. The van der Waals surface area contributed by atoms with E-state index in [1.807, 2.05) is 18.2 Å². The number of aromatic nitrogens is 2. The van der Waals surface area contributed by atoms with Gasteiger partial charge in [0.2, 0.25) is 5.91 Å². The van der Waals surface area contributed by atoms with Crippen molar-refractivity contribution in [1.82, 2.24) is 9.55 Å². The molecule has 3 aromatic rings. The van der Waals surface area contributed by atoms with Crippen molar-refractivity contribution >= 4 is 50.9 Å². The molecule has 0 radical (unpaired) electrons. The molecule has 168 valence electrons. The van der Waals surface area contributed by atoms with Crippen molar-refractivity contribution in [1.29, 1.82) is 0 Å². The van der Waals surface area contributed by atoms with Gasteiger partial charge in [0.15, 0.2) is 5.16 Å². The summed E-state index contributed by atoms with van der Waals surface area (Å²) in [5.74, 6) is -0.113. The van der Waals surface area contributed by atoms with Crippen molar-refractivity contribution in [2.45, 2.75) is 43.7 Å². The van der Waals surface area contributed by atoms with Gasteiger partial charge in [0, 0.05) is 24.1 Å². The Balaban J connectivity index is 1.45. The molecule has 1 aliphatic carbocycles. The van der Waals surface area contributed by atoms with Crippen LogP contribution < -0.4 is 10.9 Å². The molecule has 32 heavy (non-hydrogen) atoms. The van der Waals surface area contributed by atoms with Crippen LogP contribution in [0.15, 0.2) is 34.2 Å². The maximum absolute atomic E-state index is 12.7. The van der Waals surface area contributed by atoms with Crippen molar-refractivity contribution in [2.24, 2.45) is 7.05 Å². The van der Waals surface area contributed by atoms with Crippen LogP contribution in [0.3, 0.4) is 0 Å². The quantitative estimate of drug-likeness (QED) is 0.251. The van der Waals surface area contributed by atoms with Gasteiger partial charge in [0.25, 0.3) is 5.56 Å². The SMILES string of the molecule is COC(=O)c1c(NC(=O)CCSc2nc3ccccc3c(=O)n2C)sc2c1CCCCC2. The number of thiophene rings is 1. The van der Waals surface area contributed by atoms with Crippen LogP contribution in [0, 0.1) is 0 Å². The van der Waals surface area contributed by atoms with Crippen molar-refractivity contribution in [2.75, 3.05) is 18.2 Å². The van der Waals surface area contributed by atoms with Gasteiger partial charge in [0.05, 0.1) is 23.6 Å². The molecule has 0 fully saturated rings. The fraction of sp³-hybridized carbons (Fsp3) is 0.391. The molecule has 2 aromatic heterocycles. The number of carbonyl (C=O) groups is 2. The maximum Gasteiger partial charge on any atom is 0.341 e. The largest absolute Gasteiger partial charge is 0.465 e. The number of aryl methyl sites for hydroxylation is 1. The lowest BCUT2D eigenvalue weighted by Crippen LogP contribution is -2.20. The van der Waals surface area contributed by atoms with E-state index in [-0.39, 0.29) is 17.9 Å². The fourth-order valence-electron chi connectivity index (χ4n) is 3.90. The first-order chi connectivity index (χ1) is 15.5. The number of esters is 1. The van der Waals surface area contributed by atoms with Gasteiger partial charge in [-0.25, -0.2) is 9.78 Å². The number of hydrogen-bond acceptors (Lipinski definition) is 7. The molecule has 0 unspecified atom stereocenters. The molecule has 0 spiro atoms. The van der Waals surface area contributed by atoms with Crippen LogP contribution in [-0.4, -0.2) is 34.3 Å². The van der Waals surface area contributed by atoms with Crippen molar-refractivity contribution in [3.05, 3.63) is 50.6 Å². The second-order valence-electron chi connectivity index (χ2n) is 7.68. The first-order valence-electron chi connectivity index (χ1n) is 10.6. The third-order valence-electron chi connectivity index (χ3n) is 5.57. The number of fused-ring (bicyclic) bond motifs is 2. The molecule has 1 aliphatic rings. The number of hydrogen-bond donors (Lipinski definition) is 1. The molecule has 1 N–H and O–H groups in total. The number of para-hydroxylation sites is 1. The number of thioether (sulfide) groups is 1. The Morgan fingerprint density at radius 2 is 2.00 bits per heavy atom. The lowest BCUT2D eigenvalue weighted by Gasteiger charge is -2.09. The number of benzene rings is 1. The van der Waals surface area contributed by atoms with E-state index in [2.05, 4.69) is 10.3 Å². The van der Waals surface area contributed by atoms with Crippen molar-refractivity contribution in [3.8, 4) is 0 Å². The topological polar surface area (TPSA) is 90.3 Å². The monoisotopic (exact) mass is 471 g/mol. The highest BCUT2D eigenvalue weighted by Crippen LogP contribution is 2.38. The number of carbonyl (C=O) groups excluding carboxylic acids is 2. The van der Waals surface area contributed by atoms with E-state index in [1.54, 1.807) is 13.1 Å². The molecule has 4 rings (SSSR count). The van der Waals surface area contributed by atoms with Crippen molar-refractivity contribution < 1.29 is 14.3 Å². The molecule has 0 aliphatic heterocycles. The number of methoxy groups -OCH3 is 1. The summed E-state index contributed by atoms with van der Waals surface area (Å²) in [7, 11) is 3.05. The van der Waals surface area contributed by atoms with Gasteiger partial charge in [-0.15, -0.1) is 11.3 Å². The van der Waals surface area contributed by atoms with Crippen LogP contribution >= 0.6 is 23.1 Å². The molecular formula is C23H25N3O4S2. The third kappa shape index (κ3) is 4.59. The number of nitrogens with zero attached hydrogens (tertiary/aromatic N) is 2. The molecule has 1 amide bonds. The number of nitrogens with one attached hydrogen (secondary N) is 1. The summed E-state index contributed by atoms with van der Waals surface area (Å²) in [6.07, 6.45) is 5.27.